The summed E-state index contributed by atoms with van der Waals surface area (Å²) in [7, 11) is 0. The van der Waals surface area contributed by atoms with Gasteiger partial charge in [0.05, 0.1) is 0 Å². The van der Waals surface area contributed by atoms with Gasteiger partial charge in [-0.3, -0.25) is 4.90 Å². The quantitative estimate of drug-likeness (QED) is 0.607. The van der Waals surface area contributed by atoms with Gasteiger partial charge in [0.1, 0.15) is 0 Å². The van der Waals surface area contributed by atoms with E-state index in [1.165, 1.54) is 0 Å². The van der Waals surface area contributed by atoms with Crippen LogP contribution in [0.5, 0.6) is 0 Å². The van der Waals surface area contributed by atoms with Crippen LogP contribution in [0.1, 0.15) is 20.8 Å². The molecule has 0 fully saturated rings. The van der Waals surface area contributed by atoms with Crippen molar-refractivity contribution in [1.29, 1.82) is 0 Å². The highest BCUT2D eigenvalue weighted by atomic mass is 15.1. The Balaban J connectivity index is 3.78. The summed E-state index contributed by atoms with van der Waals surface area (Å²) in [4.78, 5) is 2.34. The van der Waals surface area contributed by atoms with E-state index in [1.54, 1.807) is 0 Å². The maximum Gasteiger partial charge on any atom is 0.0205 e. The lowest BCUT2D eigenvalue weighted by Gasteiger charge is -2.25. The number of hydrogen-bond donors (Lipinski definition) is 1. The van der Waals surface area contributed by atoms with Gasteiger partial charge in [0.15, 0.2) is 0 Å². The van der Waals surface area contributed by atoms with E-state index < -0.39 is 0 Å². The zero-order chi connectivity index (χ0) is 8.85. The van der Waals surface area contributed by atoms with Crippen molar-refractivity contribution in [2.45, 2.75) is 26.8 Å². The topological polar surface area (TPSA) is 29.3 Å². The van der Waals surface area contributed by atoms with E-state index in [1.807, 2.05) is 0 Å². The van der Waals surface area contributed by atoms with Crippen molar-refractivity contribution < 1.29 is 0 Å². The lowest BCUT2D eigenvalue weighted by molar-refractivity contribution is 0.253. The molecule has 0 amide bonds. The maximum absolute atomic E-state index is 5.45. The van der Waals surface area contributed by atoms with Gasteiger partial charge in [0, 0.05) is 19.1 Å². The molecule has 0 aromatic rings. The van der Waals surface area contributed by atoms with Gasteiger partial charge in [-0.1, -0.05) is 13.5 Å². The Morgan fingerprint density at radius 1 is 1.55 bits per heavy atom. The lowest BCUT2D eigenvalue weighted by Crippen LogP contribution is -2.33. The highest BCUT2D eigenvalue weighted by Gasteiger charge is 2.06. The SMILES string of the molecule is C=C(CN)CN(CC)C(C)C. The molecule has 0 radical (unpaired) electrons. The molecule has 0 rings (SSSR count). The van der Waals surface area contributed by atoms with Crippen LogP contribution in [0.3, 0.4) is 0 Å². The van der Waals surface area contributed by atoms with Crippen molar-refractivity contribution in [3.05, 3.63) is 12.2 Å². The summed E-state index contributed by atoms with van der Waals surface area (Å²) in [6.07, 6.45) is 0. The molecule has 0 unspecified atom stereocenters. The normalized spacial score (nSPS) is 11.1. The fourth-order valence-electron chi connectivity index (χ4n) is 1.01. The van der Waals surface area contributed by atoms with E-state index in [0.29, 0.717) is 12.6 Å². The summed E-state index contributed by atoms with van der Waals surface area (Å²) < 4.78 is 0. The molecule has 0 saturated carbocycles. The van der Waals surface area contributed by atoms with Crippen LogP contribution < -0.4 is 5.73 Å². The first-order valence-electron chi connectivity index (χ1n) is 4.22. The zero-order valence-electron chi connectivity index (χ0n) is 7.93. The molecule has 0 atom stereocenters. The Labute approximate surface area is 70.1 Å². The largest absolute Gasteiger partial charge is 0.327 e. The first-order valence-corrected chi connectivity index (χ1v) is 4.22. The maximum atomic E-state index is 5.45. The number of likely N-dealkylation sites (N-methyl/N-ethyl adjacent to an activating group) is 1. The van der Waals surface area contributed by atoms with E-state index in [0.717, 1.165) is 18.7 Å². The molecule has 0 bridgehead atoms. The molecule has 0 aromatic carbocycles. The van der Waals surface area contributed by atoms with Crippen LogP contribution in [0.25, 0.3) is 0 Å². The molecule has 2 N–H and O–H groups in total. The van der Waals surface area contributed by atoms with Gasteiger partial charge >= 0.3 is 0 Å². The van der Waals surface area contributed by atoms with E-state index >= 15 is 0 Å². The van der Waals surface area contributed by atoms with Crippen LogP contribution in [0.2, 0.25) is 0 Å². The Morgan fingerprint density at radius 3 is 2.36 bits per heavy atom. The molecule has 2 heteroatoms. The van der Waals surface area contributed by atoms with E-state index in [2.05, 4.69) is 32.3 Å². The summed E-state index contributed by atoms with van der Waals surface area (Å²) in [6.45, 7) is 13.0. The minimum absolute atomic E-state index is 0.586. The van der Waals surface area contributed by atoms with Crippen molar-refractivity contribution in [2.75, 3.05) is 19.6 Å². The van der Waals surface area contributed by atoms with Crippen LogP contribution in [0.4, 0.5) is 0 Å². The summed E-state index contributed by atoms with van der Waals surface area (Å²) >= 11 is 0. The number of nitrogens with two attached hydrogens (primary N) is 1. The minimum Gasteiger partial charge on any atom is -0.327 e. The highest BCUT2D eigenvalue weighted by molar-refractivity contribution is 4.98. The van der Waals surface area contributed by atoms with Gasteiger partial charge in [-0.25, -0.2) is 0 Å². The lowest BCUT2D eigenvalue weighted by atomic mass is 10.2. The van der Waals surface area contributed by atoms with Crippen molar-refractivity contribution in [1.82, 2.24) is 4.90 Å². The van der Waals surface area contributed by atoms with Gasteiger partial charge < -0.3 is 5.73 Å². The first kappa shape index (κ1) is 10.7. The predicted molar refractivity (Wildman–Crippen MR) is 50.6 cm³/mol. The van der Waals surface area contributed by atoms with Crippen molar-refractivity contribution in [2.24, 2.45) is 5.73 Å². The molecule has 2 nitrogen and oxygen atoms in total. The summed E-state index contributed by atoms with van der Waals surface area (Å²) in [5, 5.41) is 0. The monoisotopic (exact) mass is 156 g/mol. The van der Waals surface area contributed by atoms with Gasteiger partial charge in [-0.05, 0) is 26.0 Å². The zero-order valence-corrected chi connectivity index (χ0v) is 7.93. The number of rotatable bonds is 5. The first-order chi connectivity index (χ1) is 5.11. The molecule has 0 aromatic heterocycles. The molecule has 0 aliphatic rings. The van der Waals surface area contributed by atoms with E-state index in [9.17, 15) is 0 Å². The second-order valence-electron chi connectivity index (χ2n) is 3.11. The third-order valence-corrected chi connectivity index (χ3v) is 1.85. The Morgan fingerprint density at radius 2 is 2.09 bits per heavy atom. The molecule has 0 saturated heterocycles. The van der Waals surface area contributed by atoms with Crippen molar-refractivity contribution >= 4 is 0 Å². The van der Waals surface area contributed by atoms with Crippen LogP contribution in [0, 0.1) is 0 Å². The minimum atomic E-state index is 0.586. The number of hydrogen-bond acceptors (Lipinski definition) is 2. The van der Waals surface area contributed by atoms with Crippen molar-refractivity contribution in [3.63, 3.8) is 0 Å². The fraction of sp³-hybridized carbons (Fsp3) is 0.778. The van der Waals surface area contributed by atoms with E-state index in [-0.39, 0.29) is 0 Å². The highest BCUT2D eigenvalue weighted by Crippen LogP contribution is 2.00. The molecule has 11 heavy (non-hydrogen) atoms. The third-order valence-electron chi connectivity index (χ3n) is 1.85. The fourth-order valence-corrected chi connectivity index (χ4v) is 1.01. The molecular weight excluding hydrogens is 136 g/mol. The van der Waals surface area contributed by atoms with E-state index in [4.69, 9.17) is 5.73 Å². The summed E-state index contributed by atoms with van der Waals surface area (Å²) in [6, 6.07) is 0.586. The second kappa shape index (κ2) is 5.33. The Hall–Kier alpha value is -0.340. The molecule has 0 aliphatic carbocycles. The standard InChI is InChI=1S/C9H20N2/c1-5-11(8(2)3)7-9(4)6-10/h8H,4-7,10H2,1-3H3. The Bertz CT molecular complexity index is 119. The molecular formula is C9H20N2. The summed E-state index contributed by atoms with van der Waals surface area (Å²) in [5.41, 5.74) is 6.56. The second-order valence-corrected chi connectivity index (χ2v) is 3.11. The number of nitrogens with zero attached hydrogens (tertiary/aromatic N) is 1. The van der Waals surface area contributed by atoms with Gasteiger partial charge in [-0.2, -0.15) is 0 Å². The smallest absolute Gasteiger partial charge is 0.0205 e. The Kier molecular flexibility index (Phi) is 5.16. The molecule has 0 spiro atoms. The molecule has 0 heterocycles. The molecule has 66 valence electrons. The average Bonchev–Trinajstić information content (AvgIpc) is 1.99. The van der Waals surface area contributed by atoms with Crippen molar-refractivity contribution in [3.8, 4) is 0 Å². The molecule has 0 aliphatic heterocycles. The predicted octanol–water partition coefficient (Wildman–Crippen LogP) is 1.23. The average molecular weight is 156 g/mol. The van der Waals surface area contributed by atoms with Gasteiger partial charge in [0.2, 0.25) is 0 Å². The van der Waals surface area contributed by atoms with Crippen LogP contribution in [-0.4, -0.2) is 30.6 Å². The summed E-state index contributed by atoms with van der Waals surface area (Å²) in [5.74, 6) is 0. The van der Waals surface area contributed by atoms with Gasteiger partial charge in [-0.15, -0.1) is 0 Å². The van der Waals surface area contributed by atoms with Crippen LogP contribution in [0.15, 0.2) is 12.2 Å². The van der Waals surface area contributed by atoms with Crippen LogP contribution >= 0.6 is 0 Å². The van der Waals surface area contributed by atoms with Crippen LogP contribution in [-0.2, 0) is 0 Å². The third kappa shape index (κ3) is 4.17. The van der Waals surface area contributed by atoms with Gasteiger partial charge in [0.25, 0.3) is 0 Å².